The SMILES string of the molecule is CCCC(CC)c1cnc(-n2cccn2)cn1. The van der Waals surface area contributed by atoms with Crippen molar-refractivity contribution < 1.29 is 0 Å². The van der Waals surface area contributed by atoms with Gasteiger partial charge in [0.25, 0.3) is 0 Å². The highest BCUT2D eigenvalue weighted by Gasteiger charge is 2.10. The molecule has 90 valence electrons. The molecule has 2 aromatic heterocycles. The first-order valence-electron chi connectivity index (χ1n) is 6.17. The van der Waals surface area contributed by atoms with Crippen LogP contribution in [-0.2, 0) is 0 Å². The molecule has 0 fully saturated rings. The first kappa shape index (κ1) is 11.8. The highest BCUT2D eigenvalue weighted by atomic mass is 15.3. The van der Waals surface area contributed by atoms with Crippen molar-refractivity contribution in [1.82, 2.24) is 19.7 Å². The van der Waals surface area contributed by atoms with Crippen molar-refractivity contribution in [3.05, 3.63) is 36.5 Å². The molecule has 1 unspecified atom stereocenters. The summed E-state index contributed by atoms with van der Waals surface area (Å²) in [7, 11) is 0. The van der Waals surface area contributed by atoms with E-state index in [0.717, 1.165) is 17.9 Å². The van der Waals surface area contributed by atoms with E-state index in [1.165, 1.54) is 12.8 Å². The highest BCUT2D eigenvalue weighted by molar-refractivity contribution is 5.18. The lowest BCUT2D eigenvalue weighted by molar-refractivity contribution is 0.577. The maximum absolute atomic E-state index is 4.50. The van der Waals surface area contributed by atoms with Crippen LogP contribution in [0.1, 0.15) is 44.7 Å². The lowest BCUT2D eigenvalue weighted by atomic mass is 9.97. The third-order valence-electron chi connectivity index (χ3n) is 2.95. The molecule has 0 aliphatic carbocycles. The van der Waals surface area contributed by atoms with Crippen LogP contribution in [0, 0.1) is 0 Å². The summed E-state index contributed by atoms with van der Waals surface area (Å²) in [4.78, 5) is 8.91. The molecule has 0 radical (unpaired) electrons. The molecule has 0 N–H and O–H groups in total. The highest BCUT2D eigenvalue weighted by Crippen LogP contribution is 2.22. The molecule has 17 heavy (non-hydrogen) atoms. The monoisotopic (exact) mass is 230 g/mol. The van der Waals surface area contributed by atoms with Gasteiger partial charge in [-0.25, -0.2) is 9.67 Å². The number of nitrogens with zero attached hydrogens (tertiary/aromatic N) is 4. The van der Waals surface area contributed by atoms with E-state index < -0.39 is 0 Å². The molecule has 2 rings (SSSR count). The summed E-state index contributed by atoms with van der Waals surface area (Å²) in [5.74, 6) is 1.30. The minimum absolute atomic E-state index is 0.527. The van der Waals surface area contributed by atoms with Crippen molar-refractivity contribution in [2.45, 2.75) is 39.0 Å². The first-order valence-corrected chi connectivity index (χ1v) is 6.17. The Morgan fingerprint density at radius 2 is 2.12 bits per heavy atom. The standard InChI is InChI=1S/C13H18N4/c1-3-6-11(4-2)12-9-15-13(10-14-12)17-8-5-7-16-17/h5,7-11H,3-4,6H2,1-2H3. The minimum atomic E-state index is 0.527. The average Bonchev–Trinajstić information content (AvgIpc) is 2.90. The van der Waals surface area contributed by atoms with Gasteiger partial charge in [-0.1, -0.05) is 20.3 Å². The van der Waals surface area contributed by atoms with Gasteiger partial charge in [0.15, 0.2) is 5.82 Å². The quantitative estimate of drug-likeness (QED) is 0.793. The molecule has 0 aliphatic heterocycles. The lowest BCUT2D eigenvalue weighted by Gasteiger charge is -2.12. The Balaban J connectivity index is 2.17. The number of hydrogen-bond donors (Lipinski definition) is 0. The second-order valence-corrected chi connectivity index (χ2v) is 4.14. The van der Waals surface area contributed by atoms with E-state index in [2.05, 4.69) is 28.9 Å². The van der Waals surface area contributed by atoms with Crippen LogP contribution in [0.2, 0.25) is 0 Å². The van der Waals surface area contributed by atoms with Gasteiger partial charge in [-0.15, -0.1) is 0 Å². The molecule has 0 aromatic carbocycles. The van der Waals surface area contributed by atoms with Crippen LogP contribution in [0.4, 0.5) is 0 Å². The van der Waals surface area contributed by atoms with Gasteiger partial charge >= 0.3 is 0 Å². The molecular weight excluding hydrogens is 212 g/mol. The summed E-state index contributed by atoms with van der Waals surface area (Å²) in [6.45, 7) is 4.40. The molecule has 0 aliphatic rings. The fourth-order valence-electron chi connectivity index (χ4n) is 1.97. The molecule has 1 atom stereocenters. The molecule has 0 amide bonds. The van der Waals surface area contributed by atoms with E-state index in [4.69, 9.17) is 0 Å². The maximum atomic E-state index is 4.50. The Hall–Kier alpha value is -1.71. The summed E-state index contributed by atoms with van der Waals surface area (Å²) < 4.78 is 1.72. The Labute approximate surface area is 102 Å². The third kappa shape index (κ3) is 2.70. The second-order valence-electron chi connectivity index (χ2n) is 4.14. The predicted molar refractivity (Wildman–Crippen MR) is 67.1 cm³/mol. The Bertz CT molecular complexity index is 433. The fraction of sp³-hybridized carbons (Fsp3) is 0.462. The van der Waals surface area contributed by atoms with E-state index in [1.807, 2.05) is 18.5 Å². The Kier molecular flexibility index (Phi) is 3.85. The largest absolute Gasteiger partial charge is 0.255 e. The van der Waals surface area contributed by atoms with Gasteiger partial charge in [0, 0.05) is 18.3 Å². The molecule has 0 bridgehead atoms. The molecule has 0 spiro atoms. The van der Waals surface area contributed by atoms with Gasteiger partial charge < -0.3 is 0 Å². The molecule has 0 saturated heterocycles. The van der Waals surface area contributed by atoms with Crippen molar-refractivity contribution in [3.63, 3.8) is 0 Å². The maximum Gasteiger partial charge on any atom is 0.171 e. The van der Waals surface area contributed by atoms with Crippen LogP contribution >= 0.6 is 0 Å². The average molecular weight is 230 g/mol. The molecule has 4 nitrogen and oxygen atoms in total. The Morgan fingerprint density at radius 1 is 1.24 bits per heavy atom. The van der Waals surface area contributed by atoms with Gasteiger partial charge in [-0.2, -0.15) is 5.10 Å². The van der Waals surface area contributed by atoms with Crippen LogP contribution in [-0.4, -0.2) is 19.7 Å². The van der Waals surface area contributed by atoms with Crippen LogP contribution in [0.5, 0.6) is 0 Å². The number of rotatable bonds is 5. The fourth-order valence-corrected chi connectivity index (χ4v) is 1.97. The predicted octanol–water partition coefficient (Wildman–Crippen LogP) is 2.96. The zero-order valence-corrected chi connectivity index (χ0v) is 10.4. The van der Waals surface area contributed by atoms with Crippen molar-refractivity contribution >= 4 is 0 Å². The smallest absolute Gasteiger partial charge is 0.171 e. The minimum Gasteiger partial charge on any atom is -0.255 e. The summed E-state index contributed by atoms with van der Waals surface area (Å²) in [5, 5.41) is 4.13. The van der Waals surface area contributed by atoms with E-state index in [0.29, 0.717) is 5.92 Å². The third-order valence-corrected chi connectivity index (χ3v) is 2.95. The van der Waals surface area contributed by atoms with Crippen LogP contribution in [0.15, 0.2) is 30.9 Å². The van der Waals surface area contributed by atoms with E-state index in [-0.39, 0.29) is 0 Å². The summed E-state index contributed by atoms with van der Waals surface area (Å²) in [6.07, 6.45) is 10.7. The van der Waals surface area contributed by atoms with Crippen molar-refractivity contribution in [1.29, 1.82) is 0 Å². The van der Waals surface area contributed by atoms with Crippen LogP contribution in [0.25, 0.3) is 5.82 Å². The van der Waals surface area contributed by atoms with Crippen molar-refractivity contribution in [3.8, 4) is 5.82 Å². The van der Waals surface area contributed by atoms with Gasteiger partial charge in [0.2, 0.25) is 0 Å². The van der Waals surface area contributed by atoms with Gasteiger partial charge in [0.1, 0.15) is 0 Å². The first-order chi connectivity index (χ1) is 8.35. The van der Waals surface area contributed by atoms with Crippen LogP contribution < -0.4 is 0 Å². The van der Waals surface area contributed by atoms with Gasteiger partial charge in [-0.3, -0.25) is 4.98 Å². The molecule has 2 aromatic rings. The van der Waals surface area contributed by atoms with Crippen molar-refractivity contribution in [2.24, 2.45) is 0 Å². The summed E-state index contributed by atoms with van der Waals surface area (Å²) >= 11 is 0. The normalized spacial score (nSPS) is 12.6. The summed E-state index contributed by atoms with van der Waals surface area (Å²) in [5.41, 5.74) is 1.09. The van der Waals surface area contributed by atoms with Crippen LogP contribution in [0.3, 0.4) is 0 Å². The zero-order chi connectivity index (χ0) is 12.1. The van der Waals surface area contributed by atoms with Gasteiger partial charge in [0.05, 0.1) is 18.1 Å². The van der Waals surface area contributed by atoms with Crippen molar-refractivity contribution in [2.75, 3.05) is 0 Å². The number of hydrogen-bond acceptors (Lipinski definition) is 3. The lowest BCUT2D eigenvalue weighted by Crippen LogP contribution is -2.04. The molecule has 4 heteroatoms. The second kappa shape index (κ2) is 5.57. The van der Waals surface area contributed by atoms with E-state index >= 15 is 0 Å². The summed E-state index contributed by atoms with van der Waals surface area (Å²) in [6, 6.07) is 1.88. The van der Waals surface area contributed by atoms with E-state index in [1.54, 1.807) is 17.1 Å². The van der Waals surface area contributed by atoms with E-state index in [9.17, 15) is 0 Å². The molecule has 0 saturated carbocycles. The van der Waals surface area contributed by atoms with Gasteiger partial charge in [-0.05, 0) is 18.9 Å². The molecule has 2 heterocycles. The zero-order valence-electron chi connectivity index (χ0n) is 10.4. The molecular formula is C13H18N4. The number of aromatic nitrogens is 4. The Morgan fingerprint density at radius 3 is 2.65 bits per heavy atom. The topological polar surface area (TPSA) is 43.6 Å².